The molecule has 17 heteroatoms. The van der Waals surface area contributed by atoms with E-state index in [2.05, 4.69) is 20.7 Å². The third-order valence-electron chi connectivity index (χ3n) is 7.29. The number of carbonyl (C=O) groups is 3. The van der Waals surface area contributed by atoms with Crippen LogP contribution >= 0.6 is 0 Å². The first-order valence-electron chi connectivity index (χ1n) is 14.5. The Bertz CT molecular complexity index is 1910. The van der Waals surface area contributed by atoms with E-state index in [1.54, 1.807) is 34.4 Å². The highest BCUT2D eigenvalue weighted by Gasteiger charge is 2.27. The van der Waals surface area contributed by atoms with Gasteiger partial charge in [0.25, 0.3) is 11.6 Å². The first-order valence-corrected chi connectivity index (χ1v) is 14.5. The third-order valence-corrected chi connectivity index (χ3v) is 7.29. The van der Waals surface area contributed by atoms with Crippen molar-refractivity contribution in [2.24, 2.45) is 11.5 Å². The van der Waals surface area contributed by atoms with Crippen molar-refractivity contribution in [2.75, 3.05) is 37.5 Å². The van der Waals surface area contributed by atoms with Gasteiger partial charge in [0.2, 0.25) is 17.8 Å². The van der Waals surface area contributed by atoms with Gasteiger partial charge in [-0.2, -0.15) is 5.10 Å². The molecular weight excluding hydrogens is 614 g/mol. The first kappa shape index (κ1) is 32.4. The number of rotatable bonds is 14. The fourth-order valence-corrected chi connectivity index (χ4v) is 4.98. The summed E-state index contributed by atoms with van der Waals surface area (Å²) >= 11 is 0. The average molecular weight is 648 g/mol. The van der Waals surface area contributed by atoms with Crippen LogP contribution in [0.1, 0.15) is 43.8 Å². The van der Waals surface area contributed by atoms with Crippen molar-refractivity contribution in [3.63, 3.8) is 0 Å². The summed E-state index contributed by atoms with van der Waals surface area (Å²) in [6.07, 6.45) is 3.12. The maximum atomic E-state index is 13.3. The summed E-state index contributed by atoms with van der Waals surface area (Å²) in [6, 6.07) is 7.09. The number of hydrogen-bond donors (Lipinski definition) is 4. The van der Waals surface area contributed by atoms with Crippen molar-refractivity contribution < 1.29 is 33.5 Å². The number of ether oxygens (including phenoxy) is 3. The fraction of sp³-hybridized carbons (Fsp3) is 0.300. The molecule has 2 aromatic heterocycles. The lowest BCUT2D eigenvalue weighted by Gasteiger charge is -2.27. The number of nitrogens with one attached hydrogen (secondary N) is 2. The SMILES string of the molecule is CCn1nc(C)cc1C(=O)Nc1nc2cc(C(N)=O)cc(OC)c2n1C/C=C/CNc1c(OC2COC2)cc(C(N)=O)cc1[N+](=O)[O-]. The number of aryl methyl sites for hydroxylation is 2. The number of primary amides is 2. The second kappa shape index (κ2) is 13.6. The summed E-state index contributed by atoms with van der Waals surface area (Å²) in [6.45, 7) is 5.00. The molecule has 2 aromatic carbocycles. The number of allylic oxidation sites excluding steroid dienone is 1. The zero-order chi connectivity index (χ0) is 33.8. The summed E-state index contributed by atoms with van der Waals surface area (Å²) in [7, 11) is 1.43. The molecule has 1 aliphatic heterocycles. The third kappa shape index (κ3) is 6.84. The maximum absolute atomic E-state index is 13.3. The summed E-state index contributed by atoms with van der Waals surface area (Å²) in [5.41, 5.74) is 12.6. The molecule has 0 spiro atoms. The number of nitrogens with zero attached hydrogens (tertiary/aromatic N) is 5. The monoisotopic (exact) mass is 647 g/mol. The molecule has 4 aromatic rings. The largest absolute Gasteiger partial charge is 0.494 e. The molecule has 1 fully saturated rings. The predicted molar refractivity (Wildman–Crippen MR) is 170 cm³/mol. The molecule has 3 heterocycles. The van der Waals surface area contributed by atoms with Crippen LogP contribution < -0.4 is 31.6 Å². The van der Waals surface area contributed by atoms with Gasteiger partial charge >= 0.3 is 0 Å². The van der Waals surface area contributed by atoms with Crippen LogP contribution in [0.3, 0.4) is 0 Å². The van der Waals surface area contributed by atoms with Crippen molar-refractivity contribution in [1.82, 2.24) is 19.3 Å². The molecule has 0 aliphatic carbocycles. The van der Waals surface area contributed by atoms with Crippen molar-refractivity contribution in [1.29, 1.82) is 0 Å². The quantitative estimate of drug-likeness (QED) is 0.0881. The average Bonchev–Trinajstić information content (AvgIpc) is 3.57. The van der Waals surface area contributed by atoms with Gasteiger partial charge in [-0.1, -0.05) is 12.2 Å². The van der Waals surface area contributed by atoms with E-state index in [9.17, 15) is 24.5 Å². The van der Waals surface area contributed by atoms with Gasteiger partial charge in [0.1, 0.15) is 23.1 Å². The van der Waals surface area contributed by atoms with Crippen molar-refractivity contribution in [3.05, 3.63) is 75.1 Å². The zero-order valence-electron chi connectivity index (χ0n) is 25.8. The van der Waals surface area contributed by atoms with Gasteiger partial charge in [0, 0.05) is 36.8 Å². The minimum atomic E-state index is -0.836. The number of amides is 3. The number of imidazole rings is 1. The van der Waals surface area contributed by atoms with Crippen molar-refractivity contribution in [2.45, 2.75) is 33.0 Å². The van der Waals surface area contributed by atoms with Gasteiger partial charge in [-0.15, -0.1) is 0 Å². The summed E-state index contributed by atoms with van der Waals surface area (Å²) in [5, 5.41) is 22.1. The Labute approximate surface area is 267 Å². The summed E-state index contributed by atoms with van der Waals surface area (Å²) < 4.78 is 19.8. The number of fused-ring (bicyclic) bond motifs is 1. The number of hydrogen-bond acceptors (Lipinski definition) is 11. The second-order valence-electron chi connectivity index (χ2n) is 10.5. The lowest BCUT2D eigenvalue weighted by molar-refractivity contribution is -0.384. The molecule has 0 unspecified atom stereocenters. The molecular formula is C30H33N9O8. The molecule has 17 nitrogen and oxygen atoms in total. The van der Waals surface area contributed by atoms with Crippen LogP contribution in [0.25, 0.3) is 11.0 Å². The number of nitro groups is 1. The highest BCUT2D eigenvalue weighted by Crippen LogP contribution is 2.37. The first-order chi connectivity index (χ1) is 22.5. The lowest BCUT2D eigenvalue weighted by atomic mass is 10.1. The molecule has 0 bridgehead atoms. The van der Waals surface area contributed by atoms with E-state index in [4.69, 9.17) is 25.7 Å². The minimum absolute atomic E-state index is 0.0693. The number of nitro benzene ring substituents is 1. The highest BCUT2D eigenvalue weighted by atomic mass is 16.6. The number of carbonyl (C=O) groups excluding carboxylic acids is 3. The normalized spacial score (nSPS) is 13.0. The van der Waals surface area contributed by atoms with Gasteiger partial charge in [-0.3, -0.25) is 34.5 Å². The van der Waals surface area contributed by atoms with Crippen LogP contribution in [0.15, 0.2) is 42.5 Å². The molecule has 0 saturated carbocycles. The molecule has 6 N–H and O–H groups in total. The standard InChI is InChI=1S/C30H33N9O8/c1-4-38-22(9-16(2)36-38)29(42)35-30-34-20-10-17(27(31)40)13-24(45-3)26(20)37(30)8-6-5-7-33-25-21(39(43)44)11-18(28(32)41)12-23(25)47-19-14-46-15-19/h5-6,9-13,19,33H,4,7-8,14-15H2,1-3H3,(H2,31,40)(H2,32,41)(H,34,35,42)/b6-5+. The fourth-order valence-electron chi connectivity index (χ4n) is 4.98. The highest BCUT2D eigenvalue weighted by molar-refractivity contribution is 6.04. The van der Waals surface area contributed by atoms with Crippen molar-refractivity contribution in [3.8, 4) is 11.5 Å². The maximum Gasteiger partial charge on any atom is 0.296 e. The Kier molecular flexibility index (Phi) is 9.36. The number of aromatic nitrogens is 4. The van der Waals surface area contributed by atoms with E-state index < -0.39 is 22.6 Å². The Hall–Kier alpha value is -5.97. The summed E-state index contributed by atoms with van der Waals surface area (Å²) in [4.78, 5) is 53.0. The smallest absolute Gasteiger partial charge is 0.296 e. The predicted octanol–water partition coefficient (Wildman–Crippen LogP) is 2.37. The van der Waals surface area contributed by atoms with E-state index in [0.717, 1.165) is 6.07 Å². The van der Waals surface area contributed by atoms with Crippen LogP contribution in [0.5, 0.6) is 11.5 Å². The molecule has 1 saturated heterocycles. The minimum Gasteiger partial charge on any atom is -0.494 e. The molecule has 1 aliphatic rings. The van der Waals surface area contributed by atoms with E-state index in [0.29, 0.717) is 47.9 Å². The molecule has 47 heavy (non-hydrogen) atoms. The molecule has 0 atom stereocenters. The van der Waals surface area contributed by atoms with Gasteiger partial charge in [-0.25, -0.2) is 4.98 Å². The number of benzene rings is 2. The Morgan fingerprint density at radius 1 is 1.11 bits per heavy atom. The Balaban J connectivity index is 1.44. The van der Waals surface area contributed by atoms with Gasteiger partial charge < -0.3 is 35.6 Å². The van der Waals surface area contributed by atoms with Crippen molar-refractivity contribution >= 4 is 46.1 Å². The summed E-state index contributed by atoms with van der Waals surface area (Å²) in [5.74, 6) is -1.39. The van der Waals surface area contributed by atoms with E-state index in [1.165, 1.54) is 25.3 Å². The second-order valence-corrected chi connectivity index (χ2v) is 10.5. The van der Waals surface area contributed by atoms with Gasteiger partial charge in [0.05, 0.1) is 36.5 Å². The van der Waals surface area contributed by atoms with Crippen LogP contribution in [-0.4, -0.2) is 74.9 Å². The molecule has 3 amide bonds. The zero-order valence-corrected chi connectivity index (χ0v) is 25.8. The van der Waals surface area contributed by atoms with Crippen LogP contribution in [0, 0.1) is 17.0 Å². The number of anilines is 2. The van der Waals surface area contributed by atoms with E-state index in [1.807, 2.05) is 6.92 Å². The molecule has 246 valence electrons. The Morgan fingerprint density at radius 3 is 2.43 bits per heavy atom. The lowest BCUT2D eigenvalue weighted by Crippen LogP contribution is -2.38. The van der Waals surface area contributed by atoms with Crippen LogP contribution in [-0.2, 0) is 17.8 Å². The topological polar surface area (TPSA) is 234 Å². The molecule has 0 radical (unpaired) electrons. The van der Waals surface area contributed by atoms with E-state index >= 15 is 0 Å². The Morgan fingerprint density at radius 2 is 1.81 bits per heavy atom. The number of nitrogens with two attached hydrogens (primary N) is 2. The van der Waals surface area contributed by atoms with Gasteiger partial charge in [-0.05, 0) is 38.1 Å². The molecule has 5 rings (SSSR count). The van der Waals surface area contributed by atoms with E-state index in [-0.39, 0.29) is 53.4 Å². The van der Waals surface area contributed by atoms with Crippen LogP contribution in [0.4, 0.5) is 17.3 Å². The van der Waals surface area contributed by atoms with Crippen LogP contribution in [0.2, 0.25) is 0 Å². The number of methoxy groups -OCH3 is 1. The van der Waals surface area contributed by atoms with Gasteiger partial charge in [0.15, 0.2) is 11.4 Å².